The minimum atomic E-state index is -1.12. The first-order chi connectivity index (χ1) is 11.1. The molecule has 3 N–H and O–H groups in total. The van der Waals surface area contributed by atoms with Crippen LogP contribution in [0.1, 0.15) is 22.9 Å². The number of hydrogen-bond acceptors (Lipinski definition) is 2. The molecule has 0 saturated carbocycles. The van der Waals surface area contributed by atoms with Crippen molar-refractivity contribution in [2.75, 3.05) is 0 Å². The van der Waals surface area contributed by atoms with E-state index in [1.807, 2.05) is 24.3 Å². The first kappa shape index (κ1) is 14.0. The first-order valence-electron chi connectivity index (χ1n) is 7.55. The quantitative estimate of drug-likeness (QED) is 0.729. The van der Waals surface area contributed by atoms with E-state index in [2.05, 4.69) is 4.98 Å². The van der Waals surface area contributed by atoms with Crippen LogP contribution in [0.5, 0.6) is 0 Å². The van der Waals surface area contributed by atoms with Gasteiger partial charge in [0, 0.05) is 17.3 Å². The van der Waals surface area contributed by atoms with Crippen LogP contribution in [0.25, 0.3) is 10.9 Å². The van der Waals surface area contributed by atoms with Gasteiger partial charge in [0.1, 0.15) is 11.9 Å². The summed E-state index contributed by atoms with van der Waals surface area (Å²) in [5.41, 5.74) is 3.22. The lowest BCUT2D eigenvalue weighted by atomic mass is 9.90. The molecule has 2 atom stereocenters. The lowest BCUT2D eigenvalue weighted by Gasteiger charge is -2.29. The fraction of sp³-hybridized carbons (Fsp3) is 0.167. The van der Waals surface area contributed by atoms with E-state index in [1.165, 1.54) is 6.07 Å². The van der Waals surface area contributed by atoms with Crippen LogP contribution in [0, 0.1) is 5.82 Å². The zero-order valence-corrected chi connectivity index (χ0v) is 12.3. The van der Waals surface area contributed by atoms with E-state index < -0.39 is 18.1 Å². The van der Waals surface area contributed by atoms with Gasteiger partial charge in [-0.15, -0.1) is 0 Å². The molecule has 4 rings (SSSR count). The van der Waals surface area contributed by atoms with E-state index in [4.69, 9.17) is 0 Å². The number of hydrogen-bond donors (Lipinski definition) is 2. The summed E-state index contributed by atoms with van der Waals surface area (Å²) in [6.45, 7) is 0. The van der Waals surface area contributed by atoms with E-state index in [9.17, 15) is 14.3 Å². The van der Waals surface area contributed by atoms with Crippen LogP contribution in [0.2, 0.25) is 0 Å². The molecular formula is C18H15FN2O2. The molecule has 3 aromatic rings. The van der Waals surface area contributed by atoms with E-state index >= 15 is 0 Å². The zero-order chi connectivity index (χ0) is 16.0. The van der Waals surface area contributed by atoms with Crippen LogP contribution in [-0.2, 0) is 11.2 Å². The van der Waals surface area contributed by atoms with Crippen LogP contribution in [0.3, 0.4) is 0 Å². The maximum Gasteiger partial charge on any atom is 0.156 e. The summed E-state index contributed by atoms with van der Waals surface area (Å²) < 4.78 is 14.3. The number of rotatable bonds is 2. The average molecular weight is 310 g/mol. The molecule has 0 aliphatic carbocycles. The summed E-state index contributed by atoms with van der Waals surface area (Å²) >= 11 is 0. The largest absolute Gasteiger partial charge is 0.544 e. The third-order valence-electron chi connectivity index (χ3n) is 4.55. The SMILES string of the molecule is O=C([O-])[C@@H]1Cc2c([nH]c3ccccc23)[C@H](c2ccccc2F)[NH2+]1. The Morgan fingerprint density at radius 2 is 1.91 bits per heavy atom. The molecule has 2 aromatic carbocycles. The third-order valence-corrected chi connectivity index (χ3v) is 4.55. The molecule has 0 fully saturated rings. The smallest absolute Gasteiger partial charge is 0.156 e. The predicted molar refractivity (Wildman–Crippen MR) is 81.0 cm³/mol. The number of aromatic amines is 1. The highest BCUT2D eigenvalue weighted by Gasteiger charge is 2.35. The molecule has 1 aliphatic rings. The molecule has 1 aromatic heterocycles. The lowest BCUT2D eigenvalue weighted by molar-refractivity contribution is -0.717. The van der Waals surface area contributed by atoms with Crippen molar-refractivity contribution in [2.24, 2.45) is 0 Å². The number of aromatic nitrogens is 1. The summed E-state index contributed by atoms with van der Waals surface area (Å²) in [5.74, 6) is -1.46. The Morgan fingerprint density at radius 3 is 2.70 bits per heavy atom. The molecule has 0 spiro atoms. The van der Waals surface area contributed by atoms with Crippen molar-refractivity contribution in [2.45, 2.75) is 18.5 Å². The highest BCUT2D eigenvalue weighted by Crippen LogP contribution is 2.32. The summed E-state index contributed by atoms with van der Waals surface area (Å²) in [4.78, 5) is 14.8. The number of nitrogens with one attached hydrogen (secondary N) is 1. The molecule has 1 aliphatic heterocycles. The van der Waals surface area contributed by atoms with E-state index in [0.29, 0.717) is 12.0 Å². The van der Waals surface area contributed by atoms with Gasteiger partial charge in [-0.1, -0.05) is 30.3 Å². The second kappa shape index (κ2) is 5.21. The van der Waals surface area contributed by atoms with Gasteiger partial charge in [-0.3, -0.25) is 0 Å². The summed E-state index contributed by atoms with van der Waals surface area (Å²) in [7, 11) is 0. The fourth-order valence-corrected chi connectivity index (χ4v) is 3.47. The minimum Gasteiger partial charge on any atom is -0.544 e. The number of carboxylic acids is 1. The number of benzene rings is 2. The Balaban J connectivity index is 1.93. The number of halogens is 1. The highest BCUT2D eigenvalue weighted by molar-refractivity contribution is 5.86. The van der Waals surface area contributed by atoms with Crippen LogP contribution in [-0.4, -0.2) is 17.0 Å². The maximum absolute atomic E-state index is 14.3. The second-order valence-electron chi connectivity index (χ2n) is 5.88. The Morgan fingerprint density at radius 1 is 1.17 bits per heavy atom. The molecule has 2 heterocycles. The van der Waals surface area contributed by atoms with E-state index in [1.54, 1.807) is 23.5 Å². The molecule has 23 heavy (non-hydrogen) atoms. The number of nitrogens with two attached hydrogens (primary N) is 1. The van der Waals surface area contributed by atoms with Crippen molar-refractivity contribution in [3.8, 4) is 0 Å². The maximum atomic E-state index is 14.3. The Hall–Kier alpha value is -2.66. The molecule has 0 amide bonds. The van der Waals surface area contributed by atoms with Gasteiger partial charge in [0.05, 0.1) is 17.2 Å². The zero-order valence-electron chi connectivity index (χ0n) is 12.3. The normalized spacial score (nSPS) is 20.4. The van der Waals surface area contributed by atoms with Crippen molar-refractivity contribution < 1.29 is 19.6 Å². The van der Waals surface area contributed by atoms with Gasteiger partial charge in [0.2, 0.25) is 0 Å². The molecule has 4 nitrogen and oxygen atoms in total. The standard InChI is InChI=1S/C18H15FN2O2/c19-13-7-3-1-6-11(13)16-17-12(9-15(21-16)18(22)23)10-5-2-4-8-14(10)20-17/h1-8,15-16,20-21H,9H2,(H,22,23)/t15-,16-/m0/s1. The minimum absolute atomic E-state index is 0.336. The number of H-pyrrole nitrogens is 1. The van der Waals surface area contributed by atoms with Crippen molar-refractivity contribution in [3.63, 3.8) is 0 Å². The Bertz CT molecular complexity index is 903. The first-order valence-corrected chi connectivity index (χ1v) is 7.55. The number of quaternary nitrogens is 1. The van der Waals surface area contributed by atoms with Gasteiger partial charge in [-0.25, -0.2) is 4.39 Å². The molecule has 5 heteroatoms. The topological polar surface area (TPSA) is 72.5 Å². The fourth-order valence-electron chi connectivity index (χ4n) is 3.47. The Labute approximate surface area is 132 Å². The highest BCUT2D eigenvalue weighted by atomic mass is 19.1. The summed E-state index contributed by atoms with van der Waals surface area (Å²) in [6, 6.07) is 13.1. The van der Waals surface area contributed by atoms with E-state index in [-0.39, 0.29) is 5.82 Å². The van der Waals surface area contributed by atoms with Crippen molar-refractivity contribution >= 4 is 16.9 Å². The van der Waals surface area contributed by atoms with Gasteiger partial charge in [0.25, 0.3) is 0 Å². The van der Waals surface area contributed by atoms with Gasteiger partial charge < -0.3 is 20.2 Å². The van der Waals surface area contributed by atoms with Crippen LogP contribution in [0.4, 0.5) is 4.39 Å². The van der Waals surface area contributed by atoms with Gasteiger partial charge in [0.15, 0.2) is 6.04 Å². The van der Waals surface area contributed by atoms with Crippen molar-refractivity contribution in [1.29, 1.82) is 0 Å². The predicted octanol–water partition coefficient (Wildman–Crippen LogP) is 0.634. The molecule has 0 bridgehead atoms. The van der Waals surface area contributed by atoms with Crippen LogP contribution in [0.15, 0.2) is 48.5 Å². The third kappa shape index (κ3) is 2.21. The molecule has 0 unspecified atom stereocenters. The number of aliphatic carboxylic acids is 1. The average Bonchev–Trinajstić information content (AvgIpc) is 2.93. The van der Waals surface area contributed by atoms with Gasteiger partial charge in [-0.05, 0) is 23.8 Å². The second-order valence-corrected chi connectivity index (χ2v) is 5.88. The summed E-state index contributed by atoms with van der Waals surface area (Å²) in [6.07, 6.45) is 0.368. The van der Waals surface area contributed by atoms with Crippen molar-refractivity contribution in [1.82, 2.24) is 4.98 Å². The molecule has 0 radical (unpaired) electrons. The van der Waals surface area contributed by atoms with Gasteiger partial charge >= 0.3 is 0 Å². The van der Waals surface area contributed by atoms with E-state index in [0.717, 1.165) is 22.2 Å². The Kier molecular flexibility index (Phi) is 3.16. The number of carbonyl (C=O) groups excluding carboxylic acids is 1. The van der Waals surface area contributed by atoms with Crippen LogP contribution < -0.4 is 10.4 Å². The number of fused-ring (bicyclic) bond motifs is 3. The summed E-state index contributed by atoms with van der Waals surface area (Å²) in [5, 5.41) is 14.1. The molecule has 0 saturated heterocycles. The number of para-hydroxylation sites is 1. The lowest BCUT2D eigenvalue weighted by Crippen LogP contribution is -2.95. The van der Waals surface area contributed by atoms with Crippen LogP contribution >= 0.6 is 0 Å². The van der Waals surface area contributed by atoms with Gasteiger partial charge in [-0.2, -0.15) is 0 Å². The number of carbonyl (C=O) groups is 1. The number of carboxylic acid groups (broad SMARTS) is 1. The monoisotopic (exact) mass is 310 g/mol. The molecule has 116 valence electrons. The van der Waals surface area contributed by atoms with Crippen molar-refractivity contribution in [3.05, 3.63) is 71.2 Å². The molecular weight excluding hydrogens is 295 g/mol.